The number of carbonyl (C=O) groups is 1. The summed E-state index contributed by atoms with van der Waals surface area (Å²) in [5.74, 6) is 1.00. The lowest BCUT2D eigenvalue weighted by atomic mass is 10.0. The zero-order chi connectivity index (χ0) is 17.7. The maximum Gasteiger partial charge on any atom is 0.265 e. The van der Waals surface area contributed by atoms with E-state index in [0.717, 1.165) is 34.5 Å². The average molecular weight is 325 g/mol. The number of hydrogen-bond acceptors (Lipinski definition) is 2. The van der Waals surface area contributed by atoms with Crippen LogP contribution >= 0.6 is 0 Å². The van der Waals surface area contributed by atoms with E-state index in [2.05, 4.69) is 38.2 Å². The molecule has 0 aromatic heterocycles. The van der Waals surface area contributed by atoms with E-state index in [1.54, 1.807) is 6.92 Å². The predicted octanol–water partition coefficient (Wildman–Crippen LogP) is 5.09. The van der Waals surface area contributed by atoms with Gasteiger partial charge in [-0.25, -0.2) is 0 Å². The van der Waals surface area contributed by atoms with E-state index in [1.807, 2.05) is 37.3 Å². The third-order valence-electron chi connectivity index (χ3n) is 4.12. The molecule has 0 aliphatic rings. The minimum atomic E-state index is -0.561. The molecule has 0 radical (unpaired) electrons. The first-order chi connectivity index (χ1) is 11.4. The summed E-state index contributed by atoms with van der Waals surface area (Å²) in [6.45, 7) is 10.1. The smallest absolute Gasteiger partial charge is 0.265 e. The van der Waals surface area contributed by atoms with Crippen LogP contribution in [0.3, 0.4) is 0 Å². The van der Waals surface area contributed by atoms with Crippen molar-refractivity contribution < 1.29 is 9.53 Å². The Hall–Kier alpha value is -2.29. The van der Waals surface area contributed by atoms with Gasteiger partial charge in [-0.3, -0.25) is 4.79 Å². The van der Waals surface area contributed by atoms with E-state index in [-0.39, 0.29) is 5.91 Å². The molecule has 0 unspecified atom stereocenters. The Kier molecular flexibility index (Phi) is 6.02. The van der Waals surface area contributed by atoms with Gasteiger partial charge >= 0.3 is 0 Å². The normalized spacial score (nSPS) is 12.1. The van der Waals surface area contributed by atoms with Crippen LogP contribution in [0.15, 0.2) is 42.5 Å². The Bertz CT molecular complexity index is 707. The molecule has 3 heteroatoms. The first-order valence-electron chi connectivity index (χ1n) is 8.58. The quantitative estimate of drug-likeness (QED) is 0.803. The van der Waals surface area contributed by atoms with Gasteiger partial charge in [-0.2, -0.15) is 0 Å². The number of ether oxygens (including phenoxy) is 1. The van der Waals surface area contributed by atoms with Gasteiger partial charge in [0.25, 0.3) is 5.91 Å². The predicted molar refractivity (Wildman–Crippen MR) is 99.8 cm³/mol. The van der Waals surface area contributed by atoms with Crippen molar-refractivity contribution in [3.8, 4) is 5.75 Å². The lowest BCUT2D eigenvalue weighted by molar-refractivity contribution is -0.122. The fraction of sp³-hybridized carbons (Fsp3) is 0.381. The fourth-order valence-corrected chi connectivity index (χ4v) is 2.65. The lowest BCUT2D eigenvalue weighted by Crippen LogP contribution is -2.30. The first-order valence-corrected chi connectivity index (χ1v) is 8.58. The van der Waals surface area contributed by atoms with Crippen LogP contribution in [0.2, 0.25) is 0 Å². The molecule has 0 saturated carbocycles. The van der Waals surface area contributed by atoms with Gasteiger partial charge in [-0.15, -0.1) is 0 Å². The van der Waals surface area contributed by atoms with Crippen molar-refractivity contribution in [1.29, 1.82) is 0 Å². The highest BCUT2D eigenvalue weighted by Gasteiger charge is 2.18. The molecular weight excluding hydrogens is 298 g/mol. The highest BCUT2D eigenvalue weighted by Crippen LogP contribution is 2.28. The molecule has 3 nitrogen and oxygen atoms in total. The van der Waals surface area contributed by atoms with Gasteiger partial charge < -0.3 is 10.1 Å². The molecule has 2 rings (SSSR count). The lowest BCUT2D eigenvalue weighted by Gasteiger charge is -2.20. The number of rotatable bonds is 6. The second kappa shape index (κ2) is 8.00. The number of nitrogens with one attached hydrogen (secondary N) is 1. The summed E-state index contributed by atoms with van der Waals surface area (Å²) in [5.41, 5.74) is 4.22. The van der Waals surface area contributed by atoms with Gasteiger partial charge in [0.05, 0.1) is 0 Å². The summed E-state index contributed by atoms with van der Waals surface area (Å²) in [6, 6.07) is 14.0. The maximum atomic E-state index is 12.5. The molecule has 0 fully saturated rings. The van der Waals surface area contributed by atoms with Crippen molar-refractivity contribution in [2.24, 2.45) is 0 Å². The van der Waals surface area contributed by atoms with Crippen LogP contribution in [0.1, 0.15) is 50.3 Å². The second-order valence-corrected chi connectivity index (χ2v) is 6.46. The van der Waals surface area contributed by atoms with Crippen molar-refractivity contribution in [2.75, 3.05) is 5.32 Å². The Morgan fingerprint density at radius 2 is 1.83 bits per heavy atom. The Morgan fingerprint density at radius 1 is 1.12 bits per heavy atom. The van der Waals surface area contributed by atoms with Crippen LogP contribution in [-0.4, -0.2) is 12.0 Å². The Balaban J connectivity index is 2.13. The van der Waals surface area contributed by atoms with E-state index in [1.165, 1.54) is 0 Å². The number of anilines is 1. The van der Waals surface area contributed by atoms with Crippen molar-refractivity contribution in [1.82, 2.24) is 0 Å². The minimum absolute atomic E-state index is 0.132. The number of carbonyl (C=O) groups excluding carboxylic acids is 1. The molecule has 2 aromatic carbocycles. The number of benzene rings is 2. The van der Waals surface area contributed by atoms with Crippen LogP contribution in [0.4, 0.5) is 5.69 Å². The van der Waals surface area contributed by atoms with Gasteiger partial charge in [0.2, 0.25) is 0 Å². The van der Waals surface area contributed by atoms with Crippen molar-refractivity contribution >= 4 is 11.6 Å². The molecule has 1 N–H and O–H groups in total. The molecule has 0 bridgehead atoms. The number of hydrogen-bond donors (Lipinski definition) is 1. The second-order valence-electron chi connectivity index (χ2n) is 6.46. The van der Waals surface area contributed by atoms with Gasteiger partial charge in [-0.05, 0) is 55.0 Å². The van der Waals surface area contributed by atoms with Gasteiger partial charge in [0, 0.05) is 5.69 Å². The molecule has 0 spiro atoms. The highest BCUT2D eigenvalue weighted by atomic mass is 16.5. The van der Waals surface area contributed by atoms with E-state index in [9.17, 15) is 4.79 Å². The highest BCUT2D eigenvalue weighted by molar-refractivity contribution is 5.94. The number of aryl methyl sites for hydroxylation is 2. The van der Waals surface area contributed by atoms with E-state index >= 15 is 0 Å². The van der Waals surface area contributed by atoms with Gasteiger partial charge in [0.1, 0.15) is 5.75 Å². The fourth-order valence-electron chi connectivity index (χ4n) is 2.65. The zero-order valence-electron chi connectivity index (χ0n) is 15.2. The molecule has 0 aliphatic carbocycles. The third-order valence-corrected chi connectivity index (χ3v) is 4.12. The molecule has 0 saturated heterocycles. The molecule has 1 amide bonds. The van der Waals surface area contributed by atoms with Crippen molar-refractivity contribution in [2.45, 2.75) is 53.1 Å². The zero-order valence-corrected chi connectivity index (χ0v) is 15.2. The van der Waals surface area contributed by atoms with Crippen molar-refractivity contribution in [3.63, 3.8) is 0 Å². The largest absolute Gasteiger partial charge is 0.481 e. The average Bonchev–Trinajstić information content (AvgIpc) is 2.55. The number of para-hydroxylation sites is 1. The molecule has 1 atom stereocenters. The monoisotopic (exact) mass is 325 g/mol. The first kappa shape index (κ1) is 18.1. The van der Waals surface area contributed by atoms with Gasteiger partial charge in [0.15, 0.2) is 6.10 Å². The standard InChI is InChI=1S/C21H27NO2/c1-6-17-9-7-8-10-19(17)22-21(23)16(5)24-20-13-15(4)11-12-18(20)14(2)3/h7-14,16H,6H2,1-5H3,(H,22,23)/t16-/m0/s1. The van der Waals surface area contributed by atoms with Crippen molar-refractivity contribution in [3.05, 3.63) is 59.2 Å². The van der Waals surface area contributed by atoms with Crippen LogP contribution in [0, 0.1) is 6.92 Å². The van der Waals surface area contributed by atoms with E-state index < -0.39 is 6.10 Å². The molecule has 128 valence electrons. The van der Waals surface area contributed by atoms with Crippen LogP contribution in [0.25, 0.3) is 0 Å². The topological polar surface area (TPSA) is 38.3 Å². The third kappa shape index (κ3) is 4.38. The summed E-state index contributed by atoms with van der Waals surface area (Å²) in [7, 11) is 0. The summed E-state index contributed by atoms with van der Waals surface area (Å²) in [6.07, 6.45) is 0.315. The molecule has 2 aromatic rings. The summed E-state index contributed by atoms with van der Waals surface area (Å²) in [4.78, 5) is 12.5. The van der Waals surface area contributed by atoms with E-state index in [4.69, 9.17) is 4.74 Å². The Morgan fingerprint density at radius 3 is 2.50 bits per heavy atom. The SMILES string of the molecule is CCc1ccccc1NC(=O)[C@H](C)Oc1cc(C)ccc1C(C)C. The maximum absolute atomic E-state index is 12.5. The summed E-state index contributed by atoms with van der Waals surface area (Å²) in [5, 5.41) is 2.98. The minimum Gasteiger partial charge on any atom is -0.481 e. The van der Waals surface area contributed by atoms with Crippen LogP contribution in [0.5, 0.6) is 5.75 Å². The molecular formula is C21H27NO2. The van der Waals surface area contributed by atoms with Gasteiger partial charge in [-0.1, -0.05) is 51.1 Å². The summed E-state index contributed by atoms with van der Waals surface area (Å²) >= 11 is 0. The molecule has 0 heterocycles. The summed E-state index contributed by atoms with van der Waals surface area (Å²) < 4.78 is 5.98. The Labute approximate surface area is 145 Å². The number of amides is 1. The van der Waals surface area contributed by atoms with Crippen LogP contribution < -0.4 is 10.1 Å². The molecule has 0 aliphatic heterocycles. The van der Waals surface area contributed by atoms with E-state index in [0.29, 0.717) is 5.92 Å². The van der Waals surface area contributed by atoms with Crippen LogP contribution in [-0.2, 0) is 11.2 Å². The molecule has 24 heavy (non-hydrogen) atoms.